The highest BCUT2D eigenvalue weighted by atomic mass is 16.2. The highest BCUT2D eigenvalue weighted by molar-refractivity contribution is 6.21. The fourth-order valence-corrected chi connectivity index (χ4v) is 3.42. The molecule has 1 aliphatic rings. The summed E-state index contributed by atoms with van der Waals surface area (Å²) >= 11 is 0. The van der Waals surface area contributed by atoms with Crippen LogP contribution >= 0.6 is 0 Å². The zero-order valence-corrected chi connectivity index (χ0v) is 15.9. The molecule has 2 heterocycles. The van der Waals surface area contributed by atoms with Crippen molar-refractivity contribution in [1.82, 2.24) is 14.8 Å². The molecular formula is C23H19N3O3. The van der Waals surface area contributed by atoms with Gasteiger partial charge in [0.05, 0.1) is 17.7 Å². The monoisotopic (exact) mass is 385 g/mol. The Morgan fingerprint density at radius 1 is 0.897 bits per heavy atom. The molecule has 3 aromatic rings. The Morgan fingerprint density at radius 2 is 1.55 bits per heavy atom. The van der Waals surface area contributed by atoms with Gasteiger partial charge >= 0.3 is 0 Å². The summed E-state index contributed by atoms with van der Waals surface area (Å²) in [4.78, 5) is 44.8. The normalized spacial score (nSPS) is 12.8. The predicted octanol–water partition coefficient (Wildman–Crippen LogP) is 3.15. The molecule has 0 spiro atoms. The maximum absolute atomic E-state index is 12.8. The lowest BCUT2D eigenvalue weighted by molar-refractivity contribution is 0.0642. The van der Waals surface area contributed by atoms with Crippen LogP contribution in [-0.4, -0.2) is 39.6 Å². The van der Waals surface area contributed by atoms with E-state index in [1.807, 2.05) is 18.2 Å². The summed E-state index contributed by atoms with van der Waals surface area (Å²) in [6, 6.07) is 17.6. The van der Waals surface area contributed by atoms with Crippen LogP contribution in [0.3, 0.4) is 0 Å². The van der Waals surface area contributed by atoms with Crippen LogP contribution in [0.15, 0.2) is 73.1 Å². The SMILES string of the molecule is CN(Cc1ccncc1)C(=O)c1cccc(CN2C(=O)c3ccccc3C2=O)c1. The van der Waals surface area contributed by atoms with Gasteiger partial charge in [0.25, 0.3) is 17.7 Å². The van der Waals surface area contributed by atoms with Gasteiger partial charge in [-0.05, 0) is 47.5 Å². The van der Waals surface area contributed by atoms with Gasteiger partial charge in [-0.25, -0.2) is 0 Å². The van der Waals surface area contributed by atoms with Crippen molar-refractivity contribution < 1.29 is 14.4 Å². The quantitative estimate of drug-likeness (QED) is 0.633. The first-order valence-electron chi connectivity index (χ1n) is 9.23. The van der Waals surface area contributed by atoms with Gasteiger partial charge in [0.1, 0.15) is 0 Å². The molecule has 4 rings (SSSR count). The van der Waals surface area contributed by atoms with Crippen molar-refractivity contribution in [2.45, 2.75) is 13.1 Å². The van der Waals surface area contributed by atoms with E-state index in [1.54, 1.807) is 66.8 Å². The van der Waals surface area contributed by atoms with Gasteiger partial charge in [0.15, 0.2) is 0 Å². The van der Waals surface area contributed by atoms with Crippen molar-refractivity contribution in [2.75, 3.05) is 7.05 Å². The summed E-state index contributed by atoms with van der Waals surface area (Å²) < 4.78 is 0. The van der Waals surface area contributed by atoms with E-state index in [4.69, 9.17) is 0 Å². The Bertz CT molecular complexity index is 1060. The zero-order valence-electron chi connectivity index (χ0n) is 15.9. The van der Waals surface area contributed by atoms with Crippen LogP contribution in [0.5, 0.6) is 0 Å². The third-order valence-corrected chi connectivity index (χ3v) is 4.91. The predicted molar refractivity (Wildman–Crippen MR) is 107 cm³/mol. The Kier molecular flexibility index (Phi) is 4.91. The number of aromatic nitrogens is 1. The van der Waals surface area contributed by atoms with E-state index in [1.165, 1.54) is 4.90 Å². The number of amides is 3. The van der Waals surface area contributed by atoms with Crippen LogP contribution in [0.4, 0.5) is 0 Å². The molecule has 1 aromatic heterocycles. The lowest BCUT2D eigenvalue weighted by Crippen LogP contribution is -2.29. The minimum atomic E-state index is -0.308. The molecule has 2 aromatic carbocycles. The fraction of sp³-hybridized carbons (Fsp3) is 0.130. The van der Waals surface area contributed by atoms with Gasteiger partial charge in [-0.3, -0.25) is 24.3 Å². The van der Waals surface area contributed by atoms with Gasteiger partial charge in [-0.15, -0.1) is 0 Å². The van der Waals surface area contributed by atoms with Gasteiger partial charge in [0.2, 0.25) is 0 Å². The number of hydrogen-bond acceptors (Lipinski definition) is 4. The number of nitrogens with zero attached hydrogens (tertiary/aromatic N) is 3. The minimum absolute atomic E-state index is 0.127. The first-order valence-corrected chi connectivity index (χ1v) is 9.23. The lowest BCUT2D eigenvalue weighted by Gasteiger charge is -2.18. The largest absolute Gasteiger partial charge is 0.337 e. The highest BCUT2D eigenvalue weighted by Gasteiger charge is 2.35. The number of fused-ring (bicyclic) bond motifs is 1. The molecule has 6 nitrogen and oxygen atoms in total. The molecule has 0 saturated heterocycles. The van der Waals surface area contributed by atoms with Crippen molar-refractivity contribution in [2.24, 2.45) is 0 Å². The van der Waals surface area contributed by atoms with Crippen LogP contribution in [-0.2, 0) is 13.1 Å². The van der Waals surface area contributed by atoms with E-state index in [2.05, 4.69) is 4.98 Å². The second-order valence-electron chi connectivity index (χ2n) is 6.96. The Balaban J connectivity index is 1.50. The lowest BCUT2D eigenvalue weighted by atomic mass is 10.1. The van der Waals surface area contributed by atoms with E-state index in [0.29, 0.717) is 23.2 Å². The van der Waals surface area contributed by atoms with Gasteiger partial charge in [-0.2, -0.15) is 0 Å². The summed E-state index contributed by atoms with van der Waals surface area (Å²) in [5, 5.41) is 0. The number of carbonyl (C=O) groups is 3. The molecule has 0 radical (unpaired) electrons. The van der Waals surface area contributed by atoms with Gasteiger partial charge in [-0.1, -0.05) is 24.3 Å². The molecule has 0 atom stereocenters. The van der Waals surface area contributed by atoms with Crippen LogP contribution < -0.4 is 0 Å². The molecule has 0 fully saturated rings. The Morgan fingerprint density at radius 3 is 2.21 bits per heavy atom. The molecule has 1 aliphatic heterocycles. The first-order chi connectivity index (χ1) is 14.0. The molecule has 0 bridgehead atoms. The van der Waals surface area contributed by atoms with Crippen LogP contribution in [0.2, 0.25) is 0 Å². The number of pyridine rings is 1. The molecule has 0 saturated carbocycles. The maximum Gasteiger partial charge on any atom is 0.261 e. The van der Waals surface area contributed by atoms with E-state index in [-0.39, 0.29) is 24.3 Å². The summed E-state index contributed by atoms with van der Waals surface area (Å²) in [5.74, 6) is -0.750. The van der Waals surface area contributed by atoms with Crippen molar-refractivity contribution in [3.8, 4) is 0 Å². The molecule has 0 N–H and O–H groups in total. The number of hydrogen-bond donors (Lipinski definition) is 0. The molecule has 6 heteroatoms. The number of rotatable bonds is 5. The number of carbonyl (C=O) groups excluding carboxylic acids is 3. The number of benzene rings is 2. The fourth-order valence-electron chi connectivity index (χ4n) is 3.42. The van der Waals surface area contributed by atoms with Crippen LogP contribution in [0.25, 0.3) is 0 Å². The third-order valence-electron chi connectivity index (χ3n) is 4.91. The van der Waals surface area contributed by atoms with Gasteiger partial charge < -0.3 is 4.90 Å². The minimum Gasteiger partial charge on any atom is -0.337 e. The average molecular weight is 385 g/mol. The second kappa shape index (κ2) is 7.67. The zero-order chi connectivity index (χ0) is 20.4. The Hall–Kier alpha value is -3.80. The molecule has 144 valence electrons. The summed E-state index contributed by atoms with van der Waals surface area (Å²) in [6.45, 7) is 0.589. The third kappa shape index (κ3) is 3.65. The molecule has 3 amide bonds. The van der Waals surface area contributed by atoms with Crippen LogP contribution in [0, 0.1) is 0 Å². The molecule has 0 unspecified atom stereocenters. The topological polar surface area (TPSA) is 70.6 Å². The van der Waals surface area contributed by atoms with Crippen molar-refractivity contribution in [3.63, 3.8) is 0 Å². The molecular weight excluding hydrogens is 366 g/mol. The summed E-state index contributed by atoms with van der Waals surface area (Å²) in [5.41, 5.74) is 3.06. The molecule has 0 aliphatic carbocycles. The second-order valence-corrected chi connectivity index (χ2v) is 6.96. The highest BCUT2D eigenvalue weighted by Crippen LogP contribution is 2.24. The number of imide groups is 1. The summed E-state index contributed by atoms with van der Waals surface area (Å²) in [7, 11) is 1.74. The standard InChI is InChI=1S/C23H19N3O3/c1-25(14-16-9-11-24-12-10-16)21(27)18-6-4-5-17(13-18)15-26-22(28)19-7-2-3-8-20(19)23(26)29/h2-13H,14-15H2,1H3. The van der Waals surface area contributed by atoms with Crippen molar-refractivity contribution in [3.05, 3.63) is 101 Å². The Labute approximate surface area is 168 Å². The smallest absolute Gasteiger partial charge is 0.261 e. The summed E-state index contributed by atoms with van der Waals surface area (Å²) in [6.07, 6.45) is 3.38. The van der Waals surface area contributed by atoms with Crippen molar-refractivity contribution in [1.29, 1.82) is 0 Å². The van der Waals surface area contributed by atoms with Crippen LogP contribution in [0.1, 0.15) is 42.2 Å². The maximum atomic E-state index is 12.8. The van der Waals surface area contributed by atoms with E-state index in [0.717, 1.165) is 11.1 Å². The van der Waals surface area contributed by atoms with Gasteiger partial charge in [0, 0.05) is 31.5 Å². The average Bonchev–Trinajstić information content (AvgIpc) is 2.99. The van der Waals surface area contributed by atoms with E-state index < -0.39 is 0 Å². The van der Waals surface area contributed by atoms with E-state index >= 15 is 0 Å². The first kappa shape index (κ1) is 18.6. The van der Waals surface area contributed by atoms with Crippen molar-refractivity contribution >= 4 is 17.7 Å². The van der Waals surface area contributed by atoms with E-state index in [9.17, 15) is 14.4 Å². The molecule has 29 heavy (non-hydrogen) atoms.